The third kappa shape index (κ3) is 3.43. The highest BCUT2D eigenvalue weighted by Crippen LogP contribution is 2.46. The van der Waals surface area contributed by atoms with Gasteiger partial charge in [-0.3, -0.25) is 4.57 Å². The van der Waals surface area contributed by atoms with Gasteiger partial charge in [0.2, 0.25) is 7.37 Å². The molecule has 5 nitrogen and oxygen atoms in total. The average molecular weight is 249 g/mol. The van der Waals surface area contributed by atoms with Gasteiger partial charge in [0.25, 0.3) is 0 Å². The minimum atomic E-state index is -4.21. The van der Waals surface area contributed by atoms with Crippen LogP contribution >= 0.6 is 7.37 Å². The molecule has 0 radical (unpaired) electrons. The molecule has 0 aromatic heterocycles. The third-order valence-electron chi connectivity index (χ3n) is 1.79. The van der Waals surface area contributed by atoms with Crippen molar-refractivity contribution in [3.63, 3.8) is 0 Å². The van der Waals surface area contributed by atoms with Crippen LogP contribution in [0.1, 0.15) is 6.92 Å². The summed E-state index contributed by atoms with van der Waals surface area (Å²) < 4.78 is 38.1. The molecule has 1 atom stereocenters. The maximum absolute atomic E-state index is 12.1. The number of nitrogens with two attached hydrogens (primary N) is 1. The summed E-state index contributed by atoms with van der Waals surface area (Å²) in [6, 6.07) is 8.15. The smallest absolute Gasteiger partial charge is 0.287 e. The Kier molecular flexibility index (Phi) is 3.67. The molecule has 15 heavy (non-hydrogen) atoms. The van der Waals surface area contributed by atoms with E-state index in [4.69, 9.17) is 5.14 Å². The van der Waals surface area contributed by atoms with Crippen molar-refractivity contribution in [3.05, 3.63) is 30.3 Å². The molecule has 2 N–H and O–H groups in total. The SMILES string of the molecule is CCP(=O)(OS(N)(=O)=O)c1ccccc1. The second kappa shape index (κ2) is 4.45. The largest absolute Gasteiger partial charge is 0.339 e. The molecule has 84 valence electrons. The van der Waals surface area contributed by atoms with Crippen molar-refractivity contribution in [2.45, 2.75) is 6.92 Å². The van der Waals surface area contributed by atoms with Crippen molar-refractivity contribution in [2.75, 3.05) is 6.16 Å². The van der Waals surface area contributed by atoms with Gasteiger partial charge in [0.1, 0.15) is 0 Å². The normalized spacial score (nSPS) is 15.9. The van der Waals surface area contributed by atoms with E-state index in [2.05, 4.69) is 3.97 Å². The van der Waals surface area contributed by atoms with E-state index < -0.39 is 17.7 Å². The summed E-state index contributed by atoms with van der Waals surface area (Å²) in [5.41, 5.74) is 0. The molecular weight excluding hydrogens is 237 g/mol. The van der Waals surface area contributed by atoms with Crippen LogP contribution < -0.4 is 10.4 Å². The van der Waals surface area contributed by atoms with Gasteiger partial charge in [-0.2, -0.15) is 12.4 Å². The van der Waals surface area contributed by atoms with E-state index in [1.165, 1.54) is 0 Å². The van der Waals surface area contributed by atoms with Crippen LogP contribution in [0.4, 0.5) is 0 Å². The average Bonchev–Trinajstić information content (AvgIpc) is 2.16. The Morgan fingerprint density at radius 1 is 1.33 bits per heavy atom. The summed E-state index contributed by atoms with van der Waals surface area (Å²) in [7, 11) is -7.59. The lowest BCUT2D eigenvalue weighted by Crippen LogP contribution is -2.19. The van der Waals surface area contributed by atoms with Gasteiger partial charge in [0.15, 0.2) is 0 Å². The highest BCUT2D eigenvalue weighted by molar-refractivity contribution is 7.91. The first kappa shape index (κ1) is 12.4. The minimum Gasteiger partial charge on any atom is -0.287 e. The first-order valence-electron chi connectivity index (χ1n) is 4.26. The zero-order valence-electron chi connectivity index (χ0n) is 8.16. The van der Waals surface area contributed by atoms with Gasteiger partial charge in [0, 0.05) is 11.5 Å². The fraction of sp³-hybridized carbons (Fsp3) is 0.250. The molecule has 0 aliphatic heterocycles. The molecule has 1 unspecified atom stereocenters. The Morgan fingerprint density at radius 3 is 2.27 bits per heavy atom. The monoisotopic (exact) mass is 249 g/mol. The molecule has 0 bridgehead atoms. The molecule has 1 aromatic rings. The van der Waals surface area contributed by atoms with Crippen LogP contribution in [0.3, 0.4) is 0 Å². The first-order valence-corrected chi connectivity index (χ1v) is 7.54. The maximum atomic E-state index is 12.1. The van der Waals surface area contributed by atoms with Crippen LogP contribution in [0, 0.1) is 0 Å². The van der Waals surface area contributed by atoms with Crippen LogP contribution in [0.2, 0.25) is 0 Å². The van der Waals surface area contributed by atoms with Crippen LogP contribution in [0.25, 0.3) is 0 Å². The summed E-state index contributed by atoms with van der Waals surface area (Å²) >= 11 is 0. The van der Waals surface area contributed by atoms with Gasteiger partial charge in [-0.15, -0.1) is 0 Å². The number of hydrogen-bond acceptors (Lipinski definition) is 4. The van der Waals surface area contributed by atoms with E-state index in [0.29, 0.717) is 5.30 Å². The standard InChI is InChI=1S/C8H12NO4PS/c1-2-14(10,13-15(9,11)12)8-6-4-3-5-7-8/h3-7H,2H2,1H3,(H2,9,11,12). The Morgan fingerprint density at radius 2 is 1.87 bits per heavy atom. The summed E-state index contributed by atoms with van der Waals surface area (Å²) in [5.74, 6) is 0. The van der Waals surface area contributed by atoms with E-state index >= 15 is 0 Å². The zero-order valence-corrected chi connectivity index (χ0v) is 9.87. The fourth-order valence-corrected chi connectivity index (χ4v) is 4.20. The van der Waals surface area contributed by atoms with Crippen LogP contribution in [0.5, 0.6) is 0 Å². The molecule has 0 amide bonds. The molecule has 0 aliphatic carbocycles. The Bertz CT molecular complexity index is 471. The lowest BCUT2D eigenvalue weighted by molar-refractivity contribution is 0.468. The Hall–Kier alpha value is -0.680. The van der Waals surface area contributed by atoms with Crippen molar-refractivity contribution in [3.8, 4) is 0 Å². The van der Waals surface area contributed by atoms with Crippen molar-refractivity contribution in [2.24, 2.45) is 5.14 Å². The minimum absolute atomic E-state index is 0.0768. The fourth-order valence-electron chi connectivity index (χ4n) is 1.10. The van der Waals surface area contributed by atoms with Crippen molar-refractivity contribution >= 4 is 23.0 Å². The van der Waals surface area contributed by atoms with Crippen molar-refractivity contribution < 1.29 is 17.0 Å². The quantitative estimate of drug-likeness (QED) is 0.801. The molecule has 0 fully saturated rings. The van der Waals surface area contributed by atoms with Gasteiger partial charge in [-0.05, 0) is 12.1 Å². The lowest BCUT2D eigenvalue weighted by Gasteiger charge is -2.14. The highest BCUT2D eigenvalue weighted by Gasteiger charge is 2.28. The van der Waals surface area contributed by atoms with Gasteiger partial charge >= 0.3 is 10.3 Å². The molecule has 0 spiro atoms. The second-order valence-electron chi connectivity index (χ2n) is 2.89. The molecule has 0 heterocycles. The number of benzene rings is 1. The molecule has 0 saturated carbocycles. The summed E-state index contributed by atoms with van der Waals surface area (Å²) in [4.78, 5) is 0. The zero-order chi connectivity index (χ0) is 11.5. The van der Waals surface area contributed by atoms with E-state index in [1.807, 2.05) is 0 Å². The van der Waals surface area contributed by atoms with Crippen molar-refractivity contribution in [1.82, 2.24) is 0 Å². The van der Waals surface area contributed by atoms with Gasteiger partial charge in [-0.1, -0.05) is 25.1 Å². The molecular formula is C8H12NO4PS. The number of hydrogen-bond donors (Lipinski definition) is 1. The van der Waals surface area contributed by atoms with Gasteiger partial charge < -0.3 is 0 Å². The third-order valence-corrected chi connectivity index (χ3v) is 5.50. The second-order valence-corrected chi connectivity index (χ2v) is 6.97. The molecule has 0 saturated heterocycles. The topological polar surface area (TPSA) is 86.5 Å². The van der Waals surface area contributed by atoms with E-state index in [0.717, 1.165) is 0 Å². The number of rotatable bonds is 4. The first-order chi connectivity index (χ1) is 6.87. The Labute approximate surface area is 89.0 Å². The van der Waals surface area contributed by atoms with E-state index in [-0.39, 0.29) is 6.16 Å². The lowest BCUT2D eigenvalue weighted by atomic mass is 10.4. The van der Waals surface area contributed by atoms with Crippen LogP contribution in [-0.2, 0) is 18.8 Å². The predicted octanol–water partition coefficient (Wildman–Crippen LogP) is 0.830. The maximum Gasteiger partial charge on any atom is 0.339 e. The summed E-state index contributed by atoms with van der Waals surface area (Å²) in [6.07, 6.45) is 0.0768. The van der Waals surface area contributed by atoms with Gasteiger partial charge in [0.05, 0.1) is 0 Å². The van der Waals surface area contributed by atoms with Crippen LogP contribution in [0.15, 0.2) is 30.3 Å². The van der Waals surface area contributed by atoms with Gasteiger partial charge in [-0.25, -0.2) is 5.14 Å². The molecule has 0 aliphatic rings. The molecule has 1 aromatic carbocycles. The summed E-state index contributed by atoms with van der Waals surface area (Å²) in [5, 5.41) is 5.06. The Balaban J connectivity index is 3.13. The molecule has 1 rings (SSSR count). The predicted molar refractivity (Wildman–Crippen MR) is 58.4 cm³/mol. The summed E-state index contributed by atoms with van der Waals surface area (Å²) in [6.45, 7) is 1.58. The van der Waals surface area contributed by atoms with E-state index in [9.17, 15) is 13.0 Å². The van der Waals surface area contributed by atoms with Crippen LogP contribution in [-0.4, -0.2) is 14.6 Å². The van der Waals surface area contributed by atoms with Crippen molar-refractivity contribution in [1.29, 1.82) is 0 Å². The molecule has 7 heteroatoms. The highest BCUT2D eigenvalue weighted by atomic mass is 32.2. The van der Waals surface area contributed by atoms with E-state index in [1.54, 1.807) is 37.3 Å².